The third-order valence-electron chi connectivity index (χ3n) is 2.64. The molecule has 72 valence electrons. The van der Waals surface area contributed by atoms with Gasteiger partial charge in [-0.2, -0.15) is 0 Å². The van der Waals surface area contributed by atoms with Gasteiger partial charge in [-0.25, -0.2) is 0 Å². The third-order valence-corrected chi connectivity index (χ3v) is 2.64. The van der Waals surface area contributed by atoms with Crippen LogP contribution in [0.25, 0.3) is 0 Å². The first kappa shape index (κ1) is 10.0. The van der Waals surface area contributed by atoms with E-state index in [0.29, 0.717) is 6.04 Å². The summed E-state index contributed by atoms with van der Waals surface area (Å²) in [6, 6.07) is 0.710. The van der Waals surface area contributed by atoms with Crippen molar-refractivity contribution in [2.24, 2.45) is 0 Å². The lowest BCUT2D eigenvalue weighted by atomic mass is 9.93. The topological polar surface area (TPSA) is 32.3 Å². The maximum Gasteiger partial charge on any atom is 0.0664 e. The summed E-state index contributed by atoms with van der Waals surface area (Å²) in [6.45, 7) is 2.96. The van der Waals surface area contributed by atoms with E-state index in [4.69, 9.17) is 0 Å². The van der Waals surface area contributed by atoms with Crippen molar-refractivity contribution in [1.29, 1.82) is 0 Å². The third kappa shape index (κ3) is 3.55. The highest BCUT2D eigenvalue weighted by molar-refractivity contribution is 4.77. The molecule has 1 unspecified atom stereocenters. The van der Waals surface area contributed by atoms with Gasteiger partial charge in [-0.15, -0.1) is 0 Å². The lowest BCUT2D eigenvalue weighted by Crippen LogP contribution is -2.39. The molecule has 0 bridgehead atoms. The lowest BCUT2D eigenvalue weighted by Gasteiger charge is -2.27. The fourth-order valence-electron chi connectivity index (χ4n) is 1.46. The van der Waals surface area contributed by atoms with Gasteiger partial charge < -0.3 is 10.4 Å². The van der Waals surface area contributed by atoms with Crippen LogP contribution in [0.2, 0.25) is 0 Å². The molecule has 12 heavy (non-hydrogen) atoms. The van der Waals surface area contributed by atoms with Gasteiger partial charge in [0.1, 0.15) is 0 Å². The zero-order valence-electron chi connectivity index (χ0n) is 8.05. The number of aliphatic hydroxyl groups is 1. The molecule has 0 saturated heterocycles. The second-order valence-corrected chi connectivity index (χ2v) is 3.83. The Morgan fingerprint density at radius 2 is 2.25 bits per heavy atom. The zero-order chi connectivity index (χ0) is 8.81. The van der Waals surface area contributed by atoms with Crippen LogP contribution in [0.1, 0.15) is 45.4 Å². The standard InChI is InChI=1S/C10H21NO/c1-2-3-7-10(12)8-11-9-5-4-6-9/h9-12H,2-8H2,1H3. The monoisotopic (exact) mass is 171 g/mol. The van der Waals surface area contributed by atoms with Gasteiger partial charge in [0.2, 0.25) is 0 Å². The van der Waals surface area contributed by atoms with Gasteiger partial charge in [-0.3, -0.25) is 0 Å². The largest absolute Gasteiger partial charge is 0.392 e. The number of hydrogen-bond acceptors (Lipinski definition) is 2. The van der Waals surface area contributed by atoms with Crippen molar-refractivity contribution >= 4 is 0 Å². The van der Waals surface area contributed by atoms with Gasteiger partial charge in [-0.05, 0) is 19.3 Å². The summed E-state index contributed by atoms with van der Waals surface area (Å²) in [5.74, 6) is 0. The predicted octanol–water partition coefficient (Wildman–Crippen LogP) is 1.68. The van der Waals surface area contributed by atoms with Crippen molar-refractivity contribution in [2.45, 2.75) is 57.6 Å². The zero-order valence-corrected chi connectivity index (χ0v) is 8.05. The average molecular weight is 171 g/mol. The molecule has 0 aromatic rings. The van der Waals surface area contributed by atoms with Crippen molar-refractivity contribution in [3.8, 4) is 0 Å². The summed E-state index contributed by atoms with van der Waals surface area (Å²) in [4.78, 5) is 0. The Labute approximate surface area is 75.4 Å². The van der Waals surface area contributed by atoms with E-state index >= 15 is 0 Å². The molecule has 2 heteroatoms. The Morgan fingerprint density at radius 1 is 1.50 bits per heavy atom. The van der Waals surface area contributed by atoms with Crippen molar-refractivity contribution in [3.05, 3.63) is 0 Å². The summed E-state index contributed by atoms with van der Waals surface area (Å²) >= 11 is 0. The SMILES string of the molecule is CCCCC(O)CNC1CCC1. The van der Waals surface area contributed by atoms with Crippen LogP contribution in [-0.2, 0) is 0 Å². The van der Waals surface area contributed by atoms with Crippen LogP contribution >= 0.6 is 0 Å². The van der Waals surface area contributed by atoms with Gasteiger partial charge >= 0.3 is 0 Å². The fourth-order valence-corrected chi connectivity index (χ4v) is 1.46. The molecule has 2 N–H and O–H groups in total. The molecule has 0 spiro atoms. The van der Waals surface area contributed by atoms with Crippen LogP contribution < -0.4 is 5.32 Å². The number of nitrogens with one attached hydrogen (secondary N) is 1. The van der Waals surface area contributed by atoms with Crippen LogP contribution in [0.4, 0.5) is 0 Å². The Kier molecular flexibility index (Phi) is 4.62. The number of unbranched alkanes of at least 4 members (excludes halogenated alkanes) is 1. The van der Waals surface area contributed by atoms with E-state index in [0.717, 1.165) is 19.4 Å². The smallest absolute Gasteiger partial charge is 0.0664 e. The minimum atomic E-state index is -0.120. The van der Waals surface area contributed by atoms with Gasteiger partial charge in [0.25, 0.3) is 0 Å². The molecular formula is C10H21NO. The molecule has 1 saturated carbocycles. The molecule has 1 aliphatic carbocycles. The summed E-state index contributed by atoms with van der Waals surface area (Å²) in [7, 11) is 0. The molecule has 1 fully saturated rings. The molecule has 0 aromatic heterocycles. The summed E-state index contributed by atoms with van der Waals surface area (Å²) < 4.78 is 0. The first-order valence-electron chi connectivity index (χ1n) is 5.24. The molecule has 1 atom stereocenters. The second-order valence-electron chi connectivity index (χ2n) is 3.83. The highest BCUT2D eigenvalue weighted by Gasteiger charge is 2.17. The van der Waals surface area contributed by atoms with Gasteiger partial charge in [0.15, 0.2) is 0 Å². The second kappa shape index (κ2) is 5.55. The maximum absolute atomic E-state index is 9.49. The van der Waals surface area contributed by atoms with Crippen LogP contribution in [0, 0.1) is 0 Å². The minimum Gasteiger partial charge on any atom is -0.392 e. The van der Waals surface area contributed by atoms with Crippen LogP contribution in [-0.4, -0.2) is 23.8 Å². The van der Waals surface area contributed by atoms with E-state index in [1.807, 2.05) is 0 Å². The predicted molar refractivity (Wildman–Crippen MR) is 51.2 cm³/mol. The van der Waals surface area contributed by atoms with Crippen molar-refractivity contribution in [3.63, 3.8) is 0 Å². The molecule has 0 aliphatic heterocycles. The number of aliphatic hydroxyl groups excluding tert-OH is 1. The van der Waals surface area contributed by atoms with Crippen molar-refractivity contribution in [1.82, 2.24) is 5.32 Å². The number of rotatable bonds is 6. The molecule has 2 nitrogen and oxygen atoms in total. The Hall–Kier alpha value is -0.0800. The van der Waals surface area contributed by atoms with E-state index in [1.165, 1.54) is 25.7 Å². The van der Waals surface area contributed by atoms with Crippen molar-refractivity contribution in [2.75, 3.05) is 6.54 Å². The first-order valence-corrected chi connectivity index (χ1v) is 5.24. The van der Waals surface area contributed by atoms with E-state index in [2.05, 4.69) is 12.2 Å². The molecule has 1 aliphatic rings. The minimum absolute atomic E-state index is 0.120. The fraction of sp³-hybridized carbons (Fsp3) is 1.00. The summed E-state index contributed by atoms with van der Waals surface area (Å²) in [5.41, 5.74) is 0. The Bertz CT molecular complexity index is 112. The Morgan fingerprint density at radius 3 is 2.75 bits per heavy atom. The molecule has 0 amide bonds. The van der Waals surface area contributed by atoms with Gasteiger partial charge in [0, 0.05) is 12.6 Å². The van der Waals surface area contributed by atoms with Gasteiger partial charge in [0.05, 0.1) is 6.10 Å². The molecule has 0 aromatic carbocycles. The molecule has 0 heterocycles. The summed E-state index contributed by atoms with van der Waals surface area (Å²) in [5, 5.41) is 12.9. The van der Waals surface area contributed by atoms with E-state index in [1.54, 1.807) is 0 Å². The molecule has 1 rings (SSSR count). The van der Waals surface area contributed by atoms with E-state index < -0.39 is 0 Å². The van der Waals surface area contributed by atoms with Crippen LogP contribution in [0.3, 0.4) is 0 Å². The summed E-state index contributed by atoms with van der Waals surface area (Å²) in [6.07, 6.45) is 7.14. The van der Waals surface area contributed by atoms with Crippen LogP contribution in [0.15, 0.2) is 0 Å². The van der Waals surface area contributed by atoms with Gasteiger partial charge in [-0.1, -0.05) is 26.2 Å². The lowest BCUT2D eigenvalue weighted by molar-refractivity contribution is 0.147. The highest BCUT2D eigenvalue weighted by atomic mass is 16.3. The maximum atomic E-state index is 9.49. The van der Waals surface area contributed by atoms with E-state index in [9.17, 15) is 5.11 Å². The first-order chi connectivity index (χ1) is 5.83. The van der Waals surface area contributed by atoms with Crippen molar-refractivity contribution < 1.29 is 5.11 Å². The quantitative estimate of drug-likeness (QED) is 0.637. The average Bonchev–Trinajstić information content (AvgIpc) is 1.98. The highest BCUT2D eigenvalue weighted by Crippen LogP contribution is 2.17. The molecular weight excluding hydrogens is 150 g/mol. The Balaban J connectivity index is 1.90. The van der Waals surface area contributed by atoms with E-state index in [-0.39, 0.29) is 6.10 Å². The molecule has 0 radical (unpaired) electrons. The normalized spacial score (nSPS) is 20.5. The number of hydrogen-bond donors (Lipinski definition) is 2. The van der Waals surface area contributed by atoms with Crippen LogP contribution in [0.5, 0.6) is 0 Å².